The molecule has 0 fully saturated rings. The second-order valence-electron chi connectivity index (χ2n) is 4.72. The Morgan fingerprint density at radius 1 is 1.23 bits per heavy atom. The highest BCUT2D eigenvalue weighted by molar-refractivity contribution is 9.10. The van der Waals surface area contributed by atoms with E-state index in [1.807, 2.05) is 17.5 Å². The molecule has 0 aliphatic carbocycles. The number of rotatable bonds is 5. The molecule has 3 aromatic rings. The maximum Gasteiger partial charge on any atom is 0.228 e. The number of anilines is 2. The fourth-order valence-electron chi connectivity index (χ4n) is 2.00. The number of benzene rings is 1. The third-order valence-electron chi connectivity index (χ3n) is 3.03. The molecule has 0 saturated heterocycles. The molecule has 22 heavy (non-hydrogen) atoms. The highest BCUT2D eigenvalue weighted by Gasteiger charge is 2.12. The molecule has 0 spiro atoms. The van der Waals surface area contributed by atoms with E-state index < -0.39 is 0 Å². The average Bonchev–Trinajstić information content (AvgIpc) is 2.97. The van der Waals surface area contributed by atoms with Crippen molar-refractivity contribution in [3.8, 4) is 0 Å². The van der Waals surface area contributed by atoms with Crippen molar-refractivity contribution >= 4 is 38.3 Å². The van der Waals surface area contributed by atoms with Gasteiger partial charge in [-0.05, 0) is 30.2 Å². The minimum Gasteiger partial charge on any atom is -0.322 e. The predicted octanol–water partition coefficient (Wildman–Crippen LogP) is 3.68. The zero-order valence-corrected chi connectivity index (χ0v) is 14.0. The Morgan fingerprint density at radius 3 is 2.82 bits per heavy atom. The van der Waals surface area contributed by atoms with Crippen molar-refractivity contribution in [2.45, 2.75) is 12.5 Å². The number of nitrogens with two attached hydrogens (primary N) is 1. The molecule has 0 aliphatic rings. The first-order valence-corrected chi connectivity index (χ1v) is 8.37. The largest absolute Gasteiger partial charge is 0.322 e. The van der Waals surface area contributed by atoms with E-state index >= 15 is 0 Å². The molecule has 3 N–H and O–H groups in total. The van der Waals surface area contributed by atoms with E-state index in [0.717, 1.165) is 21.7 Å². The number of nitrogens with zero attached hydrogens (tertiary/aromatic N) is 3. The van der Waals surface area contributed by atoms with E-state index in [4.69, 9.17) is 5.73 Å². The van der Waals surface area contributed by atoms with E-state index in [1.165, 1.54) is 16.9 Å². The first-order chi connectivity index (χ1) is 10.7. The van der Waals surface area contributed by atoms with Crippen molar-refractivity contribution in [3.05, 3.63) is 63.8 Å². The Hall–Kier alpha value is -1.83. The van der Waals surface area contributed by atoms with Crippen molar-refractivity contribution in [2.24, 2.45) is 5.73 Å². The Bertz CT molecular complexity index is 746. The molecule has 0 saturated carbocycles. The van der Waals surface area contributed by atoms with E-state index in [0.29, 0.717) is 5.95 Å². The third-order valence-corrected chi connectivity index (χ3v) is 4.30. The standard InChI is InChI=1S/C15H14BrN5S/c16-11-4-1-3-10(7-11)8-12(17)13-9-22-15(20-13)21-14-18-5-2-6-19-14/h1-7,9,12H,8,17H2,(H,18,19,20,21)/t12-/m1/s1. The summed E-state index contributed by atoms with van der Waals surface area (Å²) in [6.45, 7) is 0. The number of hydrogen-bond acceptors (Lipinski definition) is 6. The summed E-state index contributed by atoms with van der Waals surface area (Å²) in [7, 11) is 0. The molecule has 1 aromatic carbocycles. The minimum absolute atomic E-state index is 0.141. The summed E-state index contributed by atoms with van der Waals surface area (Å²) in [6.07, 6.45) is 4.11. The molecule has 1 atom stereocenters. The molecule has 0 aliphatic heterocycles. The van der Waals surface area contributed by atoms with E-state index in [2.05, 4.69) is 48.3 Å². The van der Waals surface area contributed by atoms with Gasteiger partial charge in [-0.3, -0.25) is 0 Å². The quantitative estimate of drug-likeness (QED) is 0.710. The van der Waals surface area contributed by atoms with Crippen molar-refractivity contribution in [3.63, 3.8) is 0 Å². The number of nitrogens with one attached hydrogen (secondary N) is 1. The average molecular weight is 376 g/mol. The van der Waals surface area contributed by atoms with Gasteiger partial charge < -0.3 is 11.1 Å². The van der Waals surface area contributed by atoms with Gasteiger partial charge in [0, 0.05) is 22.2 Å². The predicted molar refractivity (Wildman–Crippen MR) is 92.2 cm³/mol. The topological polar surface area (TPSA) is 76.7 Å². The molecule has 2 aromatic heterocycles. The second kappa shape index (κ2) is 6.95. The van der Waals surface area contributed by atoms with Crippen LogP contribution in [0.3, 0.4) is 0 Å². The lowest BCUT2D eigenvalue weighted by Crippen LogP contribution is -2.13. The molecule has 112 valence electrons. The number of halogens is 1. The summed E-state index contributed by atoms with van der Waals surface area (Å²) >= 11 is 4.97. The van der Waals surface area contributed by atoms with Gasteiger partial charge in [0.05, 0.1) is 11.7 Å². The summed E-state index contributed by atoms with van der Waals surface area (Å²) in [5.74, 6) is 0.531. The Morgan fingerprint density at radius 2 is 2.05 bits per heavy atom. The molecule has 0 amide bonds. The van der Waals surface area contributed by atoms with Crippen LogP contribution in [0.5, 0.6) is 0 Å². The van der Waals surface area contributed by atoms with Gasteiger partial charge in [0.25, 0.3) is 0 Å². The maximum atomic E-state index is 6.25. The maximum absolute atomic E-state index is 6.25. The summed E-state index contributed by atoms with van der Waals surface area (Å²) in [4.78, 5) is 12.7. The first-order valence-electron chi connectivity index (χ1n) is 6.70. The summed E-state index contributed by atoms with van der Waals surface area (Å²) in [5, 5.41) is 5.78. The molecule has 5 nitrogen and oxygen atoms in total. The summed E-state index contributed by atoms with van der Waals surface area (Å²) in [6, 6.07) is 9.77. The van der Waals surface area contributed by atoms with Crippen LogP contribution in [0.15, 0.2) is 52.6 Å². The Labute approximate surface area is 140 Å². The molecular weight excluding hydrogens is 362 g/mol. The first kappa shape index (κ1) is 15.1. The van der Waals surface area contributed by atoms with Crippen molar-refractivity contribution in [2.75, 3.05) is 5.32 Å². The van der Waals surface area contributed by atoms with Crippen LogP contribution in [0.2, 0.25) is 0 Å². The van der Waals surface area contributed by atoms with Gasteiger partial charge in [-0.15, -0.1) is 11.3 Å². The minimum atomic E-state index is -0.141. The lowest BCUT2D eigenvalue weighted by Gasteiger charge is -2.09. The van der Waals surface area contributed by atoms with E-state index in [1.54, 1.807) is 18.5 Å². The number of thiazole rings is 1. The van der Waals surface area contributed by atoms with Gasteiger partial charge in [-0.2, -0.15) is 0 Å². The van der Waals surface area contributed by atoms with Crippen LogP contribution in [-0.4, -0.2) is 15.0 Å². The SMILES string of the molecule is N[C@H](Cc1cccc(Br)c1)c1csc(Nc2ncccn2)n1. The van der Waals surface area contributed by atoms with Gasteiger partial charge in [-0.25, -0.2) is 15.0 Å². The smallest absolute Gasteiger partial charge is 0.228 e. The van der Waals surface area contributed by atoms with Gasteiger partial charge >= 0.3 is 0 Å². The summed E-state index contributed by atoms with van der Waals surface area (Å²) in [5.41, 5.74) is 8.29. The van der Waals surface area contributed by atoms with Crippen molar-refractivity contribution in [1.29, 1.82) is 0 Å². The lowest BCUT2D eigenvalue weighted by molar-refractivity contribution is 0.702. The number of aromatic nitrogens is 3. The van der Waals surface area contributed by atoms with Crippen LogP contribution in [0.25, 0.3) is 0 Å². The lowest BCUT2D eigenvalue weighted by atomic mass is 10.1. The van der Waals surface area contributed by atoms with Crippen LogP contribution in [0, 0.1) is 0 Å². The zero-order valence-electron chi connectivity index (χ0n) is 11.6. The molecule has 3 rings (SSSR count). The highest BCUT2D eigenvalue weighted by atomic mass is 79.9. The Kier molecular flexibility index (Phi) is 4.77. The van der Waals surface area contributed by atoms with Crippen LogP contribution in [-0.2, 0) is 6.42 Å². The molecule has 2 heterocycles. The Balaban J connectivity index is 1.68. The molecule has 0 bridgehead atoms. The van der Waals surface area contributed by atoms with E-state index in [-0.39, 0.29) is 6.04 Å². The molecule has 7 heteroatoms. The molecule has 0 unspecified atom stereocenters. The second-order valence-corrected chi connectivity index (χ2v) is 6.49. The molecule has 0 radical (unpaired) electrons. The van der Waals surface area contributed by atoms with Crippen molar-refractivity contribution < 1.29 is 0 Å². The zero-order chi connectivity index (χ0) is 15.4. The van der Waals surface area contributed by atoms with E-state index in [9.17, 15) is 0 Å². The molecular formula is C15H14BrN5S. The van der Waals surface area contributed by atoms with Crippen LogP contribution >= 0.6 is 27.3 Å². The normalized spacial score (nSPS) is 12.1. The van der Waals surface area contributed by atoms with Gasteiger partial charge in [0.1, 0.15) is 0 Å². The van der Waals surface area contributed by atoms with Gasteiger partial charge in [0.15, 0.2) is 5.13 Å². The summed E-state index contributed by atoms with van der Waals surface area (Å²) < 4.78 is 1.05. The van der Waals surface area contributed by atoms with Crippen LogP contribution < -0.4 is 11.1 Å². The number of hydrogen-bond donors (Lipinski definition) is 2. The fourth-order valence-corrected chi connectivity index (χ4v) is 3.21. The van der Waals surface area contributed by atoms with Gasteiger partial charge in [-0.1, -0.05) is 28.1 Å². The van der Waals surface area contributed by atoms with Crippen LogP contribution in [0.4, 0.5) is 11.1 Å². The third kappa shape index (κ3) is 3.88. The fraction of sp³-hybridized carbons (Fsp3) is 0.133. The monoisotopic (exact) mass is 375 g/mol. The van der Waals surface area contributed by atoms with Crippen LogP contribution in [0.1, 0.15) is 17.3 Å². The highest BCUT2D eigenvalue weighted by Crippen LogP contribution is 2.24. The van der Waals surface area contributed by atoms with Gasteiger partial charge in [0.2, 0.25) is 5.95 Å². The van der Waals surface area contributed by atoms with Crippen molar-refractivity contribution in [1.82, 2.24) is 15.0 Å².